The molecule has 0 heteroatoms. The zero-order valence-corrected chi connectivity index (χ0v) is 20.7. The van der Waals surface area contributed by atoms with E-state index in [2.05, 4.69) is 60.1 Å². The van der Waals surface area contributed by atoms with Crippen molar-refractivity contribution >= 4 is 0 Å². The molecule has 0 saturated carbocycles. The van der Waals surface area contributed by atoms with Gasteiger partial charge in [0.1, 0.15) is 0 Å². The molecule has 174 valence electrons. The van der Waals surface area contributed by atoms with Gasteiger partial charge in [0.25, 0.3) is 0 Å². The van der Waals surface area contributed by atoms with Gasteiger partial charge < -0.3 is 0 Å². The van der Waals surface area contributed by atoms with Gasteiger partial charge in [0.2, 0.25) is 0 Å². The predicted molar refractivity (Wildman–Crippen MR) is 160 cm³/mol. The van der Waals surface area contributed by atoms with E-state index in [1.807, 2.05) is 72.8 Å². The smallest absolute Gasteiger partial charge is 0.0327 e. The summed E-state index contributed by atoms with van der Waals surface area (Å²) in [6.45, 7) is 0. The Labute approximate surface area is 225 Å². The van der Waals surface area contributed by atoms with E-state index in [1.165, 1.54) is 0 Å². The summed E-state index contributed by atoms with van der Waals surface area (Å²) in [5.74, 6) is 11.2. The van der Waals surface area contributed by atoms with E-state index < -0.39 is 0 Å². The van der Waals surface area contributed by atoms with Gasteiger partial charge in [-0.15, -0.1) is 25.7 Å². The molecule has 0 fully saturated rings. The van der Waals surface area contributed by atoms with Gasteiger partial charge in [-0.3, -0.25) is 0 Å². The first-order valence-corrected chi connectivity index (χ1v) is 12.1. The van der Waals surface area contributed by atoms with Gasteiger partial charge in [-0.2, -0.15) is 0 Å². The Morgan fingerprint density at radius 2 is 0.632 bits per heavy atom. The minimum absolute atomic E-state index is 0.802. The van der Waals surface area contributed by atoms with Crippen molar-refractivity contribution in [1.29, 1.82) is 0 Å². The Kier molecular flexibility index (Phi) is 6.67. The molecule has 0 spiro atoms. The van der Waals surface area contributed by atoms with Crippen molar-refractivity contribution in [1.82, 2.24) is 0 Å². The minimum Gasteiger partial charge on any atom is -0.115 e. The fourth-order valence-corrected chi connectivity index (χ4v) is 4.70. The molecular weight excluding hydrogens is 456 g/mol. The predicted octanol–water partition coefficient (Wildman–Crippen LogP) is 8.28. The summed E-state index contributed by atoms with van der Waals surface area (Å²) in [7, 11) is 0. The van der Waals surface area contributed by atoms with Gasteiger partial charge in [0.05, 0.1) is 0 Å². The third kappa shape index (κ3) is 4.48. The molecule has 0 atom stereocenters. The average Bonchev–Trinajstić information content (AvgIpc) is 3.00. The number of terminal acetylenes is 4. The summed E-state index contributed by atoms with van der Waals surface area (Å²) < 4.78 is 0. The van der Waals surface area contributed by atoms with Crippen molar-refractivity contribution in [2.75, 3.05) is 0 Å². The first kappa shape index (κ1) is 24.1. The first-order chi connectivity index (χ1) is 18.7. The molecule has 0 heterocycles. The number of hydrogen-bond acceptors (Lipinski definition) is 0. The maximum atomic E-state index is 5.90. The van der Waals surface area contributed by atoms with Crippen LogP contribution in [-0.2, 0) is 0 Å². The highest BCUT2D eigenvalue weighted by Gasteiger charge is 2.11. The van der Waals surface area contributed by atoms with Crippen LogP contribution in [0.3, 0.4) is 0 Å². The first-order valence-electron chi connectivity index (χ1n) is 12.1. The highest BCUT2D eigenvalue weighted by atomic mass is 14.1. The van der Waals surface area contributed by atoms with Crippen molar-refractivity contribution in [2.24, 2.45) is 0 Å². The van der Waals surface area contributed by atoms with Crippen LogP contribution in [0.25, 0.3) is 44.5 Å². The molecule has 5 aromatic carbocycles. The lowest BCUT2D eigenvalue weighted by Gasteiger charge is -2.12. The third-order valence-electron chi connectivity index (χ3n) is 6.65. The fraction of sp³-hybridized carbons (Fsp3) is 0. The Bertz CT molecular complexity index is 1700. The van der Waals surface area contributed by atoms with Crippen LogP contribution in [0.15, 0.2) is 109 Å². The molecule has 0 amide bonds. The molecule has 0 aromatic heterocycles. The van der Waals surface area contributed by atoms with Crippen molar-refractivity contribution in [3.8, 4) is 93.9 Å². The van der Waals surface area contributed by atoms with Gasteiger partial charge in [0.15, 0.2) is 0 Å². The van der Waals surface area contributed by atoms with Crippen LogP contribution >= 0.6 is 0 Å². The van der Waals surface area contributed by atoms with Crippen molar-refractivity contribution in [3.63, 3.8) is 0 Å². The van der Waals surface area contributed by atoms with Gasteiger partial charge in [-0.1, -0.05) is 109 Å². The van der Waals surface area contributed by atoms with E-state index in [-0.39, 0.29) is 0 Å². The molecule has 5 rings (SSSR count). The molecule has 0 bridgehead atoms. The standard InChI is InChI=1S/C38H22/c1-5-27-13-9-11-15-35(27)37-23-21-33(25-29(37)7-3)31-17-19-32(20-18-31)34-22-24-38(30(8-4)26-34)36-16-12-10-14-28(36)6-2/h1-4,9-26H. The second-order valence-electron chi connectivity index (χ2n) is 8.77. The molecule has 5 aromatic rings. The van der Waals surface area contributed by atoms with E-state index in [0.29, 0.717) is 0 Å². The normalized spacial score (nSPS) is 10.0. The van der Waals surface area contributed by atoms with E-state index in [0.717, 1.165) is 66.8 Å². The highest BCUT2D eigenvalue weighted by Crippen LogP contribution is 2.33. The third-order valence-corrected chi connectivity index (χ3v) is 6.65. The summed E-state index contributed by atoms with van der Waals surface area (Å²) in [6, 6.07) is 36.3. The SMILES string of the molecule is C#Cc1ccccc1-c1ccc(-c2ccc(-c3ccc(-c4ccccc4C#C)c(C#C)c3)cc2)cc1C#C. The quantitative estimate of drug-likeness (QED) is 0.228. The molecule has 38 heavy (non-hydrogen) atoms. The number of benzene rings is 5. The van der Waals surface area contributed by atoms with Crippen LogP contribution in [0.2, 0.25) is 0 Å². The molecule has 0 nitrogen and oxygen atoms in total. The Hall–Kier alpha value is -5.66. The average molecular weight is 479 g/mol. The Balaban J connectivity index is 1.48. The van der Waals surface area contributed by atoms with Gasteiger partial charge in [-0.25, -0.2) is 0 Å². The van der Waals surface area contributed by atoms with Gasteiger partial charge >= 0.3 is 0 Å². The lowest BCUT2D eigenvalue weighted by atomic mass is 9.91. The van der Waals surface area contributed by atoms with E-state index in [9.17, 15) is 0 Å². The Morgan fingerprint density at radius 3 is 1.00 bits per heavy atom. The Morgan fingerprint density at radius 1 is 0.316 bits per heavy atom. The van der Waals surface area contributed by atoms with E-state index >= 15 is 0 Å². The summed E-state index contributed by atoms with van der Waals surface area (Å²) in [5.41, 5.74) is 11.3. The maximum absolute atomic E-state index is 5.90. The van der Waals surface area contributed by atoms with Crippen molar-refractivity contribution in [2.45, 2.75) is 0 Å². The van der Waals surface area contributed by atoms with E-state index in [4.69, 9.17) is 25.7 Å². The highest BCUT2D eigenvalue weighted by molar-refractivity contribution is 5.82. The van der Waals surface area contributed by atoms with Crippen molar-refractivity contribution in [3.05, 3.63) is 131 Å². The molecule has 0 saturated heterocycles. The topological polar surface area (TPSA) is 0 Å². The summed E-state index contributed by atoms with van der Waals surface area (Å²) in [6.07, 6.45) is 23.2. The second-order valence-corrected chi connectivity index (χ2v) is 8.77. The minimum atomic E-state index is 0.802. The number of hydrogen-bond donors (Lipinski definition) is 0. The monoisotopic (exact) mass is 478 g/mol. The van der Waals surface area contributed by atoms with Crippen LogP contribution in [0, 0.1) is 49.4 Å². The summed E-state index contributed by atoms with van der Waals surface area (Å²) in [5, 5.41) is 0. The molecule has 0 aliphatic carbocycles. The van der Waals surface area contributed by atoms with Crippen LogP contribution in [0.5, 0.6) is 0 Å². The number of rotatable bonds is 4. The van der Waals surface area contributed by atoms with Crippen LogP contribution in [0.1, 0.15) is 22.3 Å². The molecule has 0 N–H and O–H groups in total. The molecule has 0 unspecified atom stereocenters. The molecule has 0 aliphatic heterocycles. The molecule has 0 radical (unpaired) electrons. The lowest BCUT2D eigenvalue weighted by Crippen LogP contribution is -1.91. The van der Waals surface area contributed by atoms with Crippen LogP contribution < -0.4 is 0 Å². The zero-order valence-electron chi connectivity index (χ0n) is 20.7. The summed E-state index contributed by atoms with van der Waals surface area (Å²) in [4.78, 5) is 0. The maximum Gasteiger partial charge on any atom is 0.0327 e. The van der Waals surface area contributed by atoms with Crippen LogP contribution in [0.4, 0.5) is 0 Å². The van der Waals surface area contributed by atoms with E-state index in [1.54, 1.807) is 0 Å². The molecular formula is C38H22. The lowest BCUT2D eigenvalue weighted by molar-refractivity contribution is 1.53. The van der Waals surface area contributed by atoms with Gasteiger partial charge in [-0.05, 0) is 68.8 Å². The molecule has 0 aliphatic rings. The van der Waals surface area contributed by atoms with Crippen molar-refractivity contribution < 1.29 is 0 Å². The summed E-state index contributed by atoms with van der Waals surface area (Å²) >= 11 is 0. The largest absolute Gasteiger partial charge is 0.115 e. The second kappa shape index (κ2) is 10.5. The fourth-order valence-electron chi connectivity index (χ4n) is 4.70. The van der Waals surface area contributed by atoms with Crippen LogP contribution in [-0.4, -0.2) is 0 Å². The van der Waals surface area contributed by atoms with Gasteiger partial charge in [0, 0.05) is 22.3 Å². The zero-order chi connectivity index (χ0) is 26.5.